The molecule has 0 amide bonds. The van der Waals surface area contributed by atoms with Crippen molar-refractivity contribution in [2.75, 3.05) is 13.1 Å². The van der Waals surface area contributed by atoms with Gasteiger partial charge in [-0.1, -0.05) is 27.7 Å². The highest BCUT2D eigenvalue weighted by molar-refractivity contribution is 5.87. The molecule has 0 aliphatic rings. The first-order chi connectivity index (χ1) is 6.06. The average Bonchev–Trinajstić information content (AvgIpc) is 2.17. The van der Waals surface area contributed by atoms with Gasteiger partial charge in [0.2, 0.25) is 0 Å². The van der Waals surface area contributed by atoms with Gasteiger partial charge in [-0.3, -0.25) is 9.69 Å². The minimum atomic E-state index is -0.238. The first-order valence-corrected chi connectivity index (χ1v) is 5.35. The maximum Gasteiger partial charge on any atom is 0.152 e. The average molecular weight is 185 g/mol. The summed E-state index contributed by atoms with van der Waals surface area (Å²) in [6.45, 7) is 12.2. The summed E-state index contributed by atoms with van der Waals surface area (Å²) in [5.41, 5.74) is -0.238. The first-order valence-electron chi connectivity index (χ1n) is 5.35. The van der Waals surface area contributed by atoms with Crippen LogP contribution >= 0.6 is 0 Å². The van der Waals surface area contributed by atoms with Crippen LogP contribution in [-0.2, 0) is 4.79 Å². The maximum atomic E-state index is 11.8. The van der Waals surface area contributed by atoms with Crippen LogP contribution in [-0.4, -0.2) is 29.3 Å². The molecule has 0 spiro atoms. The van der Waals surface area contributed by atoms with E-state index in [-0.39, 0.29) is 5.54 Å². The van der Waals surface area contributed by atoms with E-state index in [4.69, 9.17) is 0 Å². The minimum absolute atomic E-state index is 0.238. The molecular formula is C11H23NO. The summed E-state index contributed by atoms with van der Waals surface area (Å²) < 4.78 is 0. The summed E-state index contributed by atoms with van der Waals surface area (Å²) in [5.74, 6) is 0.360. The van der Waals surface area contributed by atoms with Crippen LogP contribution in [0.3, 0.4) is 0 Å². The summed E-state index contributed by atoms with van der Waals surface area (Å²) >= 11 is 0. The predicted molar refractivity (Wildman–Crippen MR) is 56.9 cm³/mol. The van der Waals surface area contributed by atoms with Gasteiger partial charge in [-0.2, -0.15) is 0 Å². The van der Waals surface area contributed by atoms with E-state index in [1.165, 1.54) is 0 Å². The molecule has 0 heterocycles. The standard InChI is InChI=1S/C11H23NO/c1-6-10(13)11(5,7-2)12(8-3)9-4/h6-9H2,1-5H3. The molecule has 1 unspecified atom stereocenters. The lowest BCUT2D eigenvalue weighted by Gasteiger charge is -2.38. The van der Waals surface area contributed by atoms with Gasteiger partial charge in [0, 0.05) is 6.42 Å². The van der Waals surface area contributed by atoms with Crippen molar-refractivity contribution >= 4 is 5.78 Å². The van der Waals surface area contributed by atoms with Crippen molar-refractivity contribution in [2.24, 2.45) is 0 Å². The molecule has 0 aromatic carbocycles. The van der Waals surface area contributed by atoms with E-state index in [0.717, 1.165) is 19.5 Å². The van der Waals surface area contributed by atoms with Crippen molar-refractivity contribution in [3.63, 3.8) is 0 Å². The zero-order valence-electron chi connectivity index (χ0n) is 9.68. The van der Waals surface area contributed by atoms with E-state index in [1.54, 1.807) is 0 Å². The van der Waals surface area contributed by atoms with Gasteiger partial charge in [0.25, 0.3) is 0 Å². The highest BCUT2D eigenvalue weighted by Gasteiger charge is 2.34. The van der Waals surface area contributed by atoms with E-state index in [9.17, 15) is 4.79 Å². The Morgan fingerprint density at radius 1 is 1.15 bits per heavy atom. The molecule has 0 saturated heterocycles. The Bertz CT molecular complexity index is 163. The number of carbonyl (C=O) groups is 1. The van der Waals surface area contributed by atoms with E-state index in [1.807, 2.05) is 6.92 Å². The van der Waals surface area contributed by atoms with Crippen LogP contribution < -0.4 is 0 Å². The second-order valence-electron chi connectivity index (χ2n) is 3.58. The maximum absolute atomic E-state index is 11.8. The van der Waals surface area contributed by atoms with Crippen molar-refractivity contribution in [3.8, 4) is 0 Å². The van der Waals surface area contributed by atoms with Crippen LogP contribution in [0.25, 0.3) is 0 Å². The molecular weight excluding hydrogens is 162 g/mol. The van der Waals surface area contributed by atoms with Gasteiger partial charge >= 0.3 is 0 Å². The Balaban J connectivity index is 4.68. The molecule has 13 heavy (non-hydrogen) atoms. The number of hydrogen-bond acceptors (Lipinski definition) is 2. The van der Waals surface area contributed by atoms with Crippen molar-refractivity contribution in [3.05, 3.63) is 0 Å². The fourth-order valence-electron chi connectivity index (χ4n) is 1.90. The molecule has 0 fully saturated rings. The Kier molecular flexibility index (Phi) is 5.23. The second-order valence-corrected chi connectivity index (χ2v) is 3.58. The lowest BCUT2D eigenvalue weighted by Crippen LogP contribution is -2.51. The fourth-order valence-corrected chi connectivity index (χ4v) is 1.90. The highest BCUT2D eigenvalue weighted by Crippen LogP contribution is 2.21. The van der Waals surface area contributed by atoms with Gasteiger partial charge in [-0.15, -0.1) is 0 Å². The Labute approximate surface area is 82.3 Å². The highest BCUT2D eigenvalue weighted by atomic mass is 16.1. The summed E-state index contributed by atoms with van der Waals surface area (Å²) in [5, 5.41) is 0. The van der Waals surface area contributed by atoms with Gasteiger partial charge in [-0.25, -0.2) is 0 Å². The molecule has 0 bridgehead atoms. The van der Waals surface area contributed by atoms with Gasteiger partial charge in [-0.05, 0) is 26.4 Å². The predicted octanol–water partition coefficient (Wildman–Crippen LogP) is 2.48. The van der Waals surface area contributed by atoms with Crippen molar-refractivity contribution in [1.82, 2.24) is 4.90 Å². The molecule has 0 aliphatic heterocycles. The largest absolute Gasteiger partial charge is 0.298 e. The van der Waals surface area contributed by atoms with Gasteiger partial charge < -0.3 is 0 Å². The lowest BCUT2D eigenvalue weighted by molar-refractivity contribution is -0.130. The minimum Gasteiger partial charge on any atom is -0.298 e. The third kappa shape index (κ3) is 2.53. The van der Waals surface area contributed by atoms with Crippen LogP contribution in [0.4, 0.5) is 0 Å². The van der Waals surface area contributed by atoms with E-state index in [0.29, 0.717) is 12.2 Å². The molecule has 0 aromatic rings. The van der Waals surface area contributed by atoms with Crippen LogP contribution in [0.15, 0.2) is 0 Å². The third-order valence-corrected chi connectivity index (χ3v) is 3.07. The van der Waals surface area contributed by atoms with E-state index < -0.39 is 0 Å². The fraction of sp³-hybridized carbons (Fsp3) is 0.909. The number of ketones is 1. The van der Waals surface area contributed by atoms with Crippen LogP contribution in [0.2, 0.25) is 0 Å². The number of rotatable bonds is 6. The summed E-state index contributed by atoms with van der Waals surface area (Å²) in [7, 11) is 0. The smallest absolute Gasteiger partial charge is 0.152 e. The number of nitrogens with zero attached hydrogens (tertiary/aromatic N) is 1. The van der Waals surface area contributed by atoms with Crippen molar-refractivity contribution in [1.29, 1.82) is 0 Å². The Morgan fingerprint density at radius 2 is 1.62 bits per heavy atom. The van der Waals surface area contributed by atoms with Crippen molar-refractivity contribution < 1.29 is 4.79 Å². The number of likely N-dealkylation sites (N-methyl/N-ethyl adjacent to an activating group) is 1. The van der Waals surface area contributed by atoms with Crippen molar-refractivity contribution in [2.45, 2.75) is 53.0 Å². The SMILES string of the molecule is CCC(=O)C(C)(CC)N(CC)CC. The summed E-state index contributed by atoms with van der Waals surface area (Å²) in [6.07, 6.45) is 1.54. The Hall–Kier alpha value is -0.370. The topological polar surface area (TPSA) is 20.3 Å². The number of hydrogen-bond donors (Lipinski definition) is 0. The van der Waals surface area contributed by atoms with Gasteiger partial charge in [0.05, 0.1) is 5.54 Å². The molecule has 2 nitrogen and oxygen atoms in total. The van der Waals surface area contributed by atoms with Crippen LogP contribution in [0.1, 0.15) is 47.5 Å². The monoisotopic (exact) mass is 185 g/mol. The second kappa shape index (κ2) is 5.38. The molecule has 1 atom stereocenters. The van der Waals surface area contributed by atoms with E-state index >= 15 is 0 Å². The molecule has 0 saturated carbocycles. The molecule has 0 N–H and O–H groups in total. The molecule has 0 rings (SSSR count). The first kappa shape index (κ1) is 12.6. The zero-order valence-corrected chi connectivity index (χ0v) is 9.68. The molecule has 0 radical (unpaired) electrons. The van der Waals surface area contributed by atoms with Gasteiger partial charge in [0.1, 0.15) is 0 Å². The molecule has 78 valence electrons. The third-order valence-electron chi connectivity index (χ3n) is 3.07. The van der Waals surface area contributed by atoms with Crippen LogP contribution in [0, 0.1) is 0 Å². The normalized spacial score (nSPS) is 15.8. The van der Waals surface area contributed by atoms with Gasteiger partial charge in [0.15, 0.2) is 5.78 Å². The number of Topliss-reactive ketones (excluding diaryl/α,β-unsaturated/α-hetero) is 1. The Morgan fingerprint density at radius 3 is 1.85 bits per heavy atom. The molecule has 2 heteroatoms. The zero-order chi connectivity index (χ0) is 10.5. The quantitative estimate of drug-likeness (QED) is 0.633. The van der Waals surface area contributed by atoms with E-state index in [2.05, 4.69) is 32.6 Å². The molecule has 0 aromatic heterocycles. The number of carbonyl (C=O) groups excluding carboxylic acids is 1. The lowest BCUT2D eigenvalue weighted by atomic mass is 9.89. The van der Waals surface area contributed by atoms with Crippen LogP contribution in [0.5, 0.6) is 0 Å². The summed E-state index contributed by atoms with van der Waals surface area (Å²) in [6, 6.07) is 0. The molecule has 0 aliphatic carbocycles. The summed E-state index contributed by atoms with van der Waals surface area (Å²) in [4.78, 5) is 14.0.